The van der Waals surface area contributed by atoms with Crippen molar-refractivity contribution in [3.63, 3.8) is 0 Å². The monoisotopic (exact) mass is 935 g/mol. The minimum Gasteiger partial charge on any atom is -0.497 e. The molecule has 0 radical (unpaired) electrons. The number of urea groups is 1. The van der Waals surface area contributed by atoms with E-state index in [1.165, 1.54) is 31.0 Å². The second kappa shape index (κ2) is 19.6. The van der Waals surface area contributed by atoms with Crippen LogP contribution in [0.15, 0.2) is 53.7 Å². The molecule has 0 bridgehead atoms. The van der Waals surface area contributed by atoms with Crippen LogP contribution in [0.5, 0.6) is 11.5 Å². The molecule has 7 rings (SSSR count). The summed E-state index contributed by atoms with van der Waals surface area (Å²) in [4.78, 5) is 67.0. The highest BCUT2D eigenvalue weighted by Gasteiger charge is 2.61. The standard InChI is InChI=1S/C45H61N9O9S2/c1-26(2)36(24-52-17-18-54(28(5)6)65(52,60)61)49-43(59)48-33-14-12-10-8-9-11-13-29-22-45(29,42(57)58)51-40(55)38-20-31(23-53(38)41(33)56)63-39-21-35(37-25-64-44(50-37)46-27(3)4)47-34-19-30(62-7)15-16-32(34)39/h11,13,15-16,19,21,24-29,31,33,38H,8-10,12,14,17-18,20,22-23H2,1-7H3,(H,46,50)(H,51,55)(H,57,58)(H2,48,49,59)/t29?,31-,33+,38+,45-/m1/s1. The zero-order valence-electron chi connectivity index (χ0n) is 38.0. The zero-order chi connectivity index (χ0) is 46.8. The number of hydrogen-bond acceptors (Lipinski definition) is 12. The molecule has 5 N–H and O–H groups in total. The van der Waals surface area contributed by atoms with Crippen molar-refractivity contribution in [3.05, 3.63) is 53.7 Å². The molecule has 3 aliphatic heterocycles. The van der Waals surface area contributed by atoms with Crippen LogP contribution >= 0.6 is 11.3 Å². The number of aliphatic carboxylic acids is 1. The number of carboxylic acids is 1. The van der Waals surface area contributed by atoms with Crippen LogP contribution in [0.1, 0.15) is 86.5 Å². The summed E-state index contributed by atoms with van der Waals surface area (Å²) in [5.41, 5.74) is 0.557. The molecule has 352 valence electrons. The van der Waals surface area contributed by atoms with Crippen LogP contribution in [0.2, 0.25) is 0 Å². The third-order valence-corrected chi connectivity index (χ3v) is 15.1. The summed E-state index contributed by atoms with van der Waals surface area (Å²) in [6.45, 7) is 11.8. The number of allylic oxidation sites excluding steroid dienone is 2. The van der Waals surface area contributed by atoms with Gasteiger partial charge in [0.05, 0.1) is 24.9 Å². The van der Waals surface area contributed by atoms with Crippen LogP contribution < -0.4 is 30.7 Å². The fourth-order valence-corrected chi connectivity index (χ4v) is 11.1. The maximum atomic E-state index is 14.9. The summed E-state index contributed by atoms with van der Waals surface area (Å²) >= 11 is 1.45. The fourth-order valence-electron chi connectivity index (χ4n) is 8.59. The minimum atomic E-state index is -3.80. The molecule has 1 aliphatic carbocycles. The molecule has 1 saturated carbocycles. The smallest absolute Gasteiger partial charge is 0.330 e. The molecule has 2 saturated heterocycles. The topological polar surface area (TPSA) is 225 Å². The molecule has 65 heavy (non-hydrogen) atoms. The Kier molecular flexibility index (Phi) is 14.3. The van der Waals surface area contributed by atoms with Crippen LogP contribution in [-0.2, 0) is 24.6 Å². The van der Waals surface area contributed by atoms with Crippen molar-refractivity contribution >= 4 is 61.4 Å². The second-order valence-corrected chi connectivity index (χ2v) is 20.8. The number of rotatable bonds is 12. The van der Waals surface area contributed by atoms with Crippen LogP contribution in [0.25, 0.3) is 22.3 Å². The van der Waals surface area contributed by atoms with E-state index < -0.39 is 63.7 Å². The first-order valence-electron chi connectivity index (χ1n) is 22.4. The molecule has 18 nitrogen and oxygen atoms in total. The molecule has 5 heterocycles. The highest BCUT2D eigenvalue weighted by Crippen LogP contribution is 2.45. The van der Waals surface area contributed by atoms with Gasteiger partial charge in [0, 0.05) is 72.3 Å². The lowest BCUT2D eigenvalue weighted by molar-refractivity contribution is -0.145. The third kappa shape index (κ3) is 10.5. The summed E-state index contributed by atoms with van der Waals surface area (Å²) in [7, 11) is -2.23. The van der Waals surface area contributed by atoms with Gasteiger partial charge in [-0.2, -0.15) is 12.7 Å². The Hall–Kier alpha value is -5.47. The van der Waals surface area contributed by atoms with Crippen molar-refractivity contribution in [2.75, 3.05) is 32.1 Å². The number of thiazole rings is 1. The first kappa shape index (κ1) is 47.5. The summed E-state index contributed by atoms with van der Waals surface area (Å²) in [5.74, 6) is -1.99. The highest BCUT2D eigenvalue weighted by atomic mass is 32.2. The average molecular weight is 936 g/mol. The number of nitrogens with zero attached hydrogens (tertiary/aromatic N) is 5. The van der Waals surface area contributed by atoms with Crippen molar-refractivity contribution in [1.82, 2.24) is 39.4 Å². The first-order valence-corrected chi connectivity index (χ1v) is 24.7. The lowest BCUT2D eigenvalue weighted by Gasteiger charge is -2.29. The summed E-state index contributed by atoms with van der Waals surface area (Å²) in [6.07, 6.45) is 7.74. The van der Waals surface area contributed by atoms with Gasteiger partial charge >= 0.3 is 22.2 Å². The van der Waals surface area contributed by atoms with Crippen LogP contribution in [0.3, 0.4) is 0 Å². The number of carbonyl (C=O) groups is 4. The molecule has 4 amide bonds. The van der Waals surface area contributed by atoms with Gasteiger partial charge in [0.1, 0.15) is 40.9 Å². The molecule has 3 aromatic rings. The van der Waals surface area contributed by atoms with Gasteiger partial charge < -0.3 is 40.7 Å². The van der Waals surface area contributed by atoms with Gasteiger partial charge in [0.15, 0.2) is 5.13 Å². The normalized spacial score (nSPS) is 25.2. The molecular formula is C45H61N9O9S2. The van der Waals surface area contributed by atoms with E-state index in [0.717, 1.165) is 18.0 Å². The second-order valence-electron chi connectivity index (χ2n) is 18.1. The van der Waals surface area contributed by atoms with Crippen molar-refractivity contribution < 1.29 is 42.2 Å². The summed E-state index contributed by atoms with van der Waals surface area (Å²) in [5, 5.41) is 25.5. The van der Waals surface area contributed by atoms with E-state index in [9.17, 15) is 32.7 Å². The molecule has 2 aromatic heterocycles. The number of pyridine rings is 1. The molecule has 5 atom stereocenters. The number of aromatic nitrogens is 2. The van der Waals surface area contributed by atoms with Gasteiger partial charge in [-0.05, 0) is 71.4 Å². The summed E-state index contributed by atoms with van der Waals surface area (Å²) in [6, 6.07) is 4.17. The van der Waals surface area contributed by atoms with Gasteiger partial charge in [-0.25, -0.2) is 19.6 Å². The van der Waals surface area contributed by atoms with Crippen molar-refractivity contribution in [3.8, 4) is 22.9 Å². The Morgan fingerprint density at radius 3 is 2.52 bits per heavy atom. The van der Waals surface area contributed by atoms with Gasteiger partial charge in [-0.3, -0.25) is 13.9 Å². The Bertz CT molecular complexity index is 2460. The van der Waals surface area contributed by atoms with E-state index in [-0.39, 0.29) is 50.4 Å². The molecule has 4 aliphatic rings. The molecule has 20 heteroatoms. The molecule has 3 fully saturated rings. The lowest BCUT2D eigenvalue weighted by atomic mass is 10.0. The molecule has 1 unspecified atom stereocenters. The van der Waals surface area contributed by atoms with Crippen molar-refractivity contribution in [1.29, 1.82) is 0 Å². The van der Waals surface area contributed by atoms with E-state index >= 15 is 0 Å². The first-order chi connectivity index (χ1) is 30.9. The van der Waals surface area contributed by atoms with Crippen LogP contribution in [0, 0.1) is 11.8 Å². The SMILES string of the molecule is COc1ccc2c(O[C@@H]3C[C@H]4C(=O)N[C@]5(C(=O)O)CC5C=CCCCCC[C@H](NC(=O)NC(=CN5CCN(C(C)C)S5(=O)=O)C(C)C)C(=O)N4C3)cc(-c3csc(NC(C)C)n3)nc2c1. The van der Waals surface area contributed by atoms with Gasteiger partial charge in [0.25, 0.3) is 0 Å². The van der Waals surface area contributed by atoms with Gasteiger partial charge in [-0.1, -0.05) is 38.8 Å². The Morgan fingerprint density at radius 2 is 1.83 bits per heavy atom. The maximum absolute atomic E-state index is 14.9. The predicted molar refractivity (Wildman–Crippen MR) is 247 cm³/mol. The number of anilines is 1. The third-order valence-electron chi connectivity index (χ3n) is 12.3. The maximum Gasteiger partial charge on any atom is 0.330 e. The fraction of sp³-hybridized carbons (Fsp3) is 0.556. The largest absolute Gasteiger partial charge is 0.497 e. The van der Waals surface area contributed by atoms with E-state index in [1.54, 1.807) is 39.2 Å². The Balaban J connectivity index is 1.19. The minimum absolute atomic E-state index is 0.0269. The van der Waals surface area contributed by atoms with E-state index in [4.69, 9.17) is 19.4 Å². The molecule has 0 spiro atoms. The number of carboxylic acid groups (broad SMARTS) is 1. The predicted octanol–water partition coefficient (Wildman–Crippen LogP) is 5.45. The number of carbonyl (C=O) groups excluding carboxylic acids is 3. The highest BCUT2D eigenvalue weighted by molar-refractivity contribution is 7.87. The molecule has 1 aromatic carbocycles. The van der Waals surface area contributed by atoms with Gasteiger partial charge in [0.2, 0.25) is 11.8 Å². The Morgan fingerprint density at radius 1 is 1.05 bits per heavy atom. The van der Waals surface area contributed by atoms with E-state index in [1.807, 2.05) is 51.3 Å². The number of hydrogen-bond donors (Lipinski definition) is 5. The summed E-state index contributed by atoms with van der Waals surface area (Å²) < 4.78 is 41.5. The van der Waals surface area contributed by atoms with Crippen molar-refractivity contribution in [2.45, 2.75) is 122 Å². The van der Waals surface area contributed by atoms with Crippen molar-refractivity contribution in [2.24, 2.45) is 11.8 Å². The number of fused-ring (bicyclic) bond motifs is 3. The average Bonchev–Trinajstić information content (AvgIpc) is 3.50. The van der Waals surface area contributed by atoms with Crippen LogP contribution in [0.4, 0.5) is 9.93 Å². The van der Waals surface area contributed by atoms with E-state index in [0.29, 0.717) is 58.9 Å². The van der Waals surface area contributed by atoms with Gasteiger partial charge in [-0.15, -0.1) is 11.3 Å². The Labute approximate surface area is 384 Å². The molecular weight excluding hydrogens is 875 g/mol. The quantitative estimate of drug-likeness (QED) is 0.143. The zero-order valence-corrected chi connectivity index (χ0v) is 39.6. The van der Waals surface area contributed by atoms with E-state index in [2.05, 4.69) is 21.3 Å². The number of nitrogens with one attached hydrogen (secondary N) is 4. The number of benzene rings is 1. The number of amides is 4. The lowest BCUT2D eigenvalue weighted by Crippen LogP contribution is -2.57. The van der Waals surface area contributed by atoms with Crippen LogP contribution in [-0.4, -0.2) is 123 Å². The number of methoxy groups -OCH3 is 1. The number of ether oxygens (including phenoxy) is 2.